The van der Waals surface area contributed by atoms with Crippen LogP contribution in [0.1, 0.15) is 94.2 Å². The second kappa shape index (κ2) is 16.6. The summed E-state index contributed by atoms with van der Waals surface area (Å²) in [6.07, 6.45) is 2.70. The van der Waals surface area contributed by atoms with Gasteiger partial charge in [0.15, 0.2) is 0 Å². The van der Waals surface area contributed by atoms with Crippen LogP contribution in [-0.2, 0) is 12.8 Å². The Hall–Kier alpha value is -1.56. The van der Waals surface area contributed by atoms with E-state index < -0.39 is 0 Å². The van der Waals surface area contributed by atoms with E-state index in [-0.39, 0.29) is 57.1 Å². The smallest absolute Gasteiger partial charge is 0.0228 e. The third-order valence-corrected chi connectivity index (χ3v) is 33.2. The Morgan fingerprint density at radius 1 is 0.360 bits per heavy atom. The largest absolute Gasteiger partial charge is 0.0657 e. The van der Waals surface area contributed by atoms with Crippen LogP contribution in [0.25, 0.3) is 43.1 Å². The minimum absolute atomic E-state index is 0.227. The van der Waals surface area contributed by atoms with Gasteiger partial charge < -0.3 is 0 Å². The lowest BCUT2D eigenvalue weighted by atomic mass is 9.86. The quantitative estimate of drug-likeness (QED) is 0.0694. The van der Waals surface area contributed by atoms with Gasteiger partial charge in [-0.1, -0.05) is 173 Å². The predicted octanol–water partition coefficient (Wildman–Crippen LogP) is 9.51. The van der Waals surface area contributed by atoms with Gasteiger partial charge in [0, 0.05) is 57.1 Å². The molecule has 5 aromatic carbocycles. The normalized spacial score (nSPS) is 16.7. The fraction of sp³-hybridized carbons (Fsp3) is 0.500. The van der Waals surface area contributed by atoms with E-state index in [4.69, 9.17) is 0 Å². The molecule has 0 radical (unpaired) electrons. The maximum absolute atomic E-state index is 2.68. The zero-order valence-corrected chi connectivity index (χ0v) is 42.5. The van der Waals surface area contributed by atoms with Crippen molar-refractivity contribution in [2.24, 2.45) is 0 Å². The van der Waals surface area contributed by atoms with Crippen LogP contribution in [0.2, 0.25) is 41.8 Å². The van der Waals surface area contributed by atoms with E-state index in [2.05, 4.69) is 156 Å². The molecular formula is C44H70Si6. The maximum Gasteiger partial charge on any atom is 0.0228 e. The molecular weight excluding hydrogens is 697 g/mol. The van der Waals surface area contributed by atoms with Gasteiger partial charge in [-0.15, -0.1) is 0 Å². The Labute approximate surface area is 320 Å². The average molecular weight is 768 g/mol. The SMILES string of the molecule is CC(C)[SiH2]C(Cc1c2cc3ccccc3cc2c(CC([SiH2]C(C)C)([SiH2]C(C)C)[SiH2]C(C)C)c2cc3ccccc3cc12)([SiH2]C(C)C)[SiH2]C(C)C. The number of hydrogen-bond acceptors (Lipinski definition) is 0. The fourth-order valence-corrected chi connectivity index (χ4v) is 48.6. The van der Waals surface area contributed by atoms with E-state index in [0.717, 1.165) is 33.2 Å². The monoisotopic (exact) mass is 766 g/mol. The van der Waals surface area contributed by atoms with Crippen LogP contribution in [0.3, 0.4) is 0 Å². The van der Waals surface area contributed by atoms with Crippen molar-refractivity contribution < 1.29 is 0 Å². The molecule has 0 aromatic heterocycles. The minimum atomic E-state index is -0.227. The summed E-state index contributed by atoms with van der Waals surface area (Å²) in [5.41, 5.74) is 8.77. The van der Waals surface area contributed by atoms with Crippen LogP contribution >= 0.6 is 0 Å². The van der Waals surface area contributed by atoms with E-state index in [0.29, 0.717) is 8.57 Å². The van der Waals surface area contributed by atoms with Gasteiger partial charge >= 0.3 is 0 Å². The van der Waals surface area contributed by atoms with Crippen molar-refractivity contribution in [1.82, 2.24) is 0 Å². The van der Waals surface area contributed by atoms with Crippen LogP contribution in [0.4, 0.5) is 0 Å². The Morgan fingerprint density at radius 2 is 0.560 bits per heavy atom. The number of fused-ring (bicyclic) bond motifs is 4. The van der Waals surface area contributed by atoms with Crippen LogP contribution in [0.15, 0.2) is 72.8 Å². The summed E-state index contributed by atoms with van der Waals surface area (Å²) in [5, 5.41) is 12.2. The average Bonchev–Trinajstić information content (AvgIpc) is 2.99. The molecule has 0 bridgehead atoms. The molecule has 5 aromatic rings. The van der Waals surface area contributed by atoms with Gasteiger partial charge in [0.1, 0.15) is 0 Å². The van der Waals surface area contributed by atoms with Crippen LogP contribution in [0, 0.1) is 0 Å². The summed E-state index contributed by atoms with van der Waals surface area (Å²) in [6.45, 7) is 30.8. The summed E-state index contributed by atoms with van der Waals surface area (Å²) in [5.74, 6) is 0. The van der Waals surface area contributed by atoms with Gasteiger partial charge in [0.25, 0.3) is 0 Å². The molecule has 0 saturated heterocycles. The lowest BCUT2D eigenvalue weighted by Crippen LogP contribution is -2.40. The van der Waals surface area contributed by atoms with E-state index in [1.54, 1.807) is 32.7 Å². The van der Waals surface area contributed by atoms with Crippen molar-refractivity contribution in [1.29, 1.82) is 0 Å². The second-order valence-corrected chi connectivity index (χ2v) is 46.6. The Kier molecular flexibility index (Phi) is 13.2. The first-order valence-electron chi connectivity index (χ1n) is 20.4. The van der Waals surface area contributed by atoms with Crippen molar-refractivity contribution in [2.45, 2.75) is 138 Å². The second-order valence-electron chi connectivity index (χ2n) is 19.4. The maximum atomic E-state index is 2.68. The molecule has 0 aliphatic rings. The fourth-order valence-electron chi connectivity index (χ4n) is 11.0. The highest BCUT2D eigenvalue weighted by atomic mass is 28.3. The molecule has 50 heavy (non-hydrogen) atoms. The summed E-state index contributed by atoms with van der Waals surface area (Å²) in [6, 6.07) is 29.3. The van der Waals surface area contributed by atoms with Gasteiger partial charge in [-0.2, -0.15) is 0 Å². The van der Waals surface area contributed by atoms with Crippen molar-refractivity contribution in [2.75, 3.05) is 0 Å². The van der Waals surface area contributed by atoms with E-state index in [9.17, 15) is 0 Å². The van der Waals surface area contributed by atoms with Crippen molar-refractivity contribution in [3.8, 4) is 0 Å². The molecule has 0 unspecified atom stereocenters. The lowest BCUT2D eigenvalue weighted by molar-refractivity contribution is 0.873. The third-order valence-electron chi connectivity index (χ3n) is 11.2. The van der Waals surface area contributed by atoms with Crippen molar-refractivity contribution in [3.05, 3.63) is 83.9 Å². The summed E-state index contributed by atoms with van der Waals surface area (Å²) in [4.78, 5) is 0. The summed E-state index contributed by atoms with van der Waals surface area (Å²) in [7, 11) is -1.36. The molecule has 0 fully saturated rings. The molecule has 5 rings (SSSR count). The topological polar surface area (TPSA) is 0 Å². The highest BCUT2D eigenvalue weighted by molar-refractivity contribution is 6.82. The molecule has 6 heteroatoms. The molecule has 0 saturated carbocycles. The van der Waals surface area contributed by atoms with E-state index >= 15 is 0 Å². The molecule has 0 N–H and O–H groups in total. The van der Waals surface area contributed by atoms with Gasteiger partial charge in [-0.3, -0.25) is 0 Å². The van der Waals surface area contributed by atoms with Gasteiger partial charge in [0.05, 0.1) is 0 Å². The number of benzene rings is 5. The van der Waals surface area contributed by atoms with Crippen molar-refractivity contribution >= 4 is 100 Å². The van der Waals surface area contributed by atoms with E-state index in [1.807, 2.05) is 0 Å². The molecule has 0 spiro atoms. The molecule has 0 amide bonds. The first-order valence-corrected chi connectivity index (χ1v) is 29.5. The van der Waals surface area contributed by atoms with Crippen LogP contribution in [0.5, 0.6) is 0 Å². The van der Waals surface area contributed by atoms with Gasteiger partial charge in [-0.25, -0.2) is 0 Å². The zero-order valence-electron chi connectivity index (χ0n) is 34.0. The van der Waals surface area contributed by atoms with Gasteiger partial charge in [0.2, 0.25) is 0 Å². The number of rotatable bonds is 16. The molecule has 0 heterocycles. The first kappa shape index (κ1) is 39.6. The Balaban J connectivity index is 1.95. The van der Waals surface area contributed by atoms with E-state index in [1.165, 1.54) is 34.4 Å². The molecule has 0 aliphatic carbocycles. The standard InChI is InChI=1S/C44H70Si6/c1-27(2)45-43(46-28(3)4,47-29(5)6)25-41-37-21-33-17-13-15-19-35(33)23-39(37)42(40-24-36-20-16-14-18-34(36)22-38(40)41)26-44(48-30(7)8,49-31(9)10)50-32(11)12/h13-24,27-32H,25-26,45-50H2,1-12H3. The highest BCUT2D eigenvalue weighted by Gasteiger charge is 2.38. The van der Waals surface area contributed by atoms with Crippen molar-refractivity contribution in [3.63, 3.8) is 0 Å². The zero-order chi connectivity index (χ0) is 36.4. The first-order chi connectivity index (χ1) is 23.6. The number of hydrogen-bond donors (Lipinski definition) is 0. The molecule has 270 valence electrons. The molecule has 0 atom stereocenters. The minimum Gasteiger partial charge on any atom is -0.0657 e. The lowest BCUT2D eigenvalue weighted by Gasteiger charge is -2.40. The highest BCUT2D eigenvalue weighted by Crippen LogP contribution is 2.47. The Morgan fingerprint density at radius 3 is 0.740 bits per heavy atom. The Bertz CT molecular complexity index is 1620. The van der Waals surface area contributed by atoms with Crippen LogP contribution in [-0.4, -0.2) is 57.1 Å². The van der Waals surface area contributed by atoms with Gasteiger partial charge in [-0.05, 0) is 91.3 Å². The predicted molar refractivity (Wildman–Crippen MR) is 251 cm³/mol. The summed E-state index contributed by atoms with van der Waals surface area (Å²) < 4.78 is 1.39. The third kappa shape index (κ3) is 9.51. The molecule has 0 aliphatic heterocycles. The molecule has 0 nitrogen and oxygen atoms in total. The van der Waals surface area contributed by atoms with Crippen LogP contribution < -0.4 is 0 Å². The summed E-state index contributed by atoms with van der Waals surface area (Å²) >= 11 is 0.